The van der Waals surface area contributed by atoms with Crippen molar-refractivity contribution in [3.05, 3.63) is 125 Å². The van der Waals surface area contributed by atoms with E-state index in [0.717, 1.165) is 126 Å². The van der Waals surface area contributed by atoms with Crippen molar-refractivity contribution < 1.29 is 18.9 Å². The van der Waals surface area contributed by atoms with E-state index in [1.54, 1.807) is 4.80 Å². The minimum atomic E-state index is 0.0477. The number of likely N-dealkylation sites (tertiary alicyclic amines) is 2. The molecule has 7 aromatic rings. The van der Waals surface area contributed by atoms with Crippen LogP contribution < -0.4 is 14.2 Å². The van der Waals surface area contributed by atoms with Gasteiger partial charge in [-0.2, -0.15) is 0 Å². The van der Waals surface area contributed by atoms with Crippen molar-refractivity contribution >= 4 is 11.0 Å². The number of aromatic nitrogens is 6. The van der Waals surface area contributed by atoms with Crippen LogP contribution in [0.5, 0.6) is 17.2 Å². The standard InChI is InChI=1S/C40H53N3O2.C23H31N3O.C16H33NO.C14H29N/c1-9-10-11-12-13-14-23-44-32-18-21-35(36(27-32)45-24-15-22-40(6,7)8)39-42-37(33-19-16-28(2)25-30(33)4)41-38(43-39)34-20-17-29(3)26-31(34)5;1-22(2,3)14-9-15-27-21-13-12-17(23(4,5)6)16-20(21)26-24-18-10-7-8-11-19(18)25-26;1-14(2,3)9-10-18-13-11-15(4,5)17(8)16(6,7)12-13;1-12(2,3)11-9-13(4,5)15(8)14(6,7)10-11/h16-21,25-27H,9-15,22-24H2,1-8H3;7-8,10-13,16H,9,14-15H2,1-6H3;13H,9-12H2,1-8H3;11H,9-10H2,1-8H3. The van der Waals surface area contributed by atoms with Gasteiger partial charge in [0.2, 0.25) is 0 Å². The van der Waals surface area contributed by atoms with E-state index >= 15 is 0 Å². The number of hydrogen-bond donors (Lipinski definition) is 0. The lowest BCUT2D eigenvalue weighted by Gasteiger charge is -2.56. The van der Waals surface area contributed by atoms with E-state index in [2.05, 4.69) is 283 Å². The summed E-state index contributed by atoms with van der Waals surface area (Å²) in [5.74, 6) is 5.15. The van der Waals surface area contributed by atoms with Gasteiger partial charge in [0.15, 0.2) is 17.5 Å². The molecule has 582 valence electrons. The Bertz CT molecular complexity index is 3700. The summed E-state index contributed by atoms with van der Waals surface area (Å²) in [7, 11) is 4.52. The summed E-state index contributed by atoms with van der Waals surface area (Å²) in [4.78, 5) is 21.9. The highest BCUT2D eigenvalue weighted by Gasteiger charge is 2.46. The minimum absolute atomic E-state index is 0.0477. The van der Waals surface area contributed by atoms with Gasteiger partial charge in [-0.05, 0) is 247 Å². The topological polar surface area (TPSA) is 113 Å². The van der Waals surface area contributed by atoms with Crippen molar-refractivity contribution in [3.63, 3.8) is 0 Å². The molecule has 2 saturated heterocycles. The van der Waals surface area contributed by atoms with Crippen LogP contribution in [0.2, 0.25) is 0 Å². The monoisotopic (exact) mass is 1440 g/mol. The van der Waals surface area contributed by atoms with Gasteiger partial charge in [0.25, 0.3) is 0 Å². The van der Waals surface area contributed by atoms with Crippen LogP contribution >= 0.6 is 0 Å². The van der Waals surface area contributed by atoms with Crippen LogP contribution in [0.3, 0.4) is 0 Å². The van der Waals surface area contributed by atoms with Crippen LogP contribution in [0.25, 0.3) is 50.9 Å². The molecule has 5 aromatic carbocycles. The molecule has 0 spiro atoms. The van der Waals surface area contributed by atoms with Crippen molar-refractivity contribution in [1.29, 1.82) is 0 Å². The third kappa shape index (κ3) is 27.5. The second-order valence-corrected chi connectivity index (χ2v) is 39.2. The number of unbranched alkanes of at least 4 members (excludes halogenated alkanes) is 5. The average Bonchev–Trinajstić information content (AvgIpc) is 1.38. The summed E-state index contributed by atoms with van der Waals surface area (Å²) in [5.41, 5.74) is 14.0. The van der Waals surface area contributed by atoms with E-state index < -0.39 is 0 Å². The quantitative estimate of drug-likeness (QED) is 0.0571. The normalized spacial score (nSPS) is 16.5. The van der Waals surface area contributed by atoms with Crippen molar-refractivity contribution in [2.75, 3.05) is 40.5 Å². The Morgan fingerprint density at radius 2 is 0.857 bits per heavy atom. The maximum atomic E-state index is 6.49. The van der Waals surface area contributed by atoms with Crippen LogP contribution in [0.1, 0.15) is 290 Å². The van der Waals surface area contributed by atoms with E-state index in [1.165, 1.54) is 61.6 Å². The Morgan fingerprint density at radius 1 is 0.429 bits per heavy atom. The molecule has 2 aliphatic heterocycles. The maximum absolute atomic E-state index is 6.49. The van der Waals surface area contributed by atoms with Gasteiger partial charge in [0.1, 0.15) is 34.0 Å². The molecular formula is C93H146N8O4. The van der Waals surface area contributed by atoms with Crippen molar-refractivity contribution in [2.45, 2.75) is 324 Å². The van der Waals surface area contributed by atoms with Gasteiger partial charge in [0.05, 0.1) is 31.5 Å². The lowest BCUT2D eigenvalue weighted by molar-refractivity contribution is -0.0943. The highest BCUT2D eigenvalue weighted by molar-refractivity contribution is 5.74. The molecular weight excluding hydrogens is 1290 g/mol. The van der Waals surface area contributed by atoms with E-state index in [0.29, 0.717) is 70.7 Å². The lowest BCUT2D eigenvalue weighted by Crippen LogP contribution is -2.60. The molecule has 2 aliphatic rings. The van der Waals surface area contributed by atoms with Crippen molar-refractivity contribution in [3.8, 4) is 57.1 Å². The third-order valence-corrected chi connectivity index (χ3v) is 21.8. The van der Waals surface area contributed by atoms with Gasteiger partial charge < -0.3 is 18.9 Å². The maximum Gasteiger partial charge on any atom is 0.167 e. The van der Waals surface area contributed by atoms with Gasteiger partial charge in [-0.25, -0.2) is 15.0 Å². The molecule has 4 heterocycles. The highest BCUT2D eigenvalue weighted by Crippen LogP contribution is 2.47. The second-order valence-electron chi connectivity index (χ2n) is 39.2. The Hall–Kier alpha value is -6.21. The van der Waals surface area contributed by atoms with Crippen LogP contribution in [0.4, 0.5) is 0 Å². The molecule has 0 N–H and O–H groups in total. The van der Waals surface area contributed by atoms with Crippen LogP contribution in [-0.2, 0) is 10.2 Å². The fourth-order valence-electron chi connectivity index (χ4n) is 14.5. The molecule has 0 atom stereocenters. The molecule has 12 nitrogen and oxygen atoms in total. The molecule has 2 fully saturated rings. The Kier molecular flexibility index (Phi) is 30.7. The molecule has 0 radical (unpaired) electrons. The number of fused-ring (bicyclic) bond motifs is 1. The summed E-state index contributed by atoms with van der Waals surface area (Å²) in [6.07, 6.45) is 18.1. The second kappa shape index (κ2) is 36.8. The van der Waals surface area contributed by atoms with Gasteiger partial charge in [-0.1, -0.05) is 209 Å². The molecule has 105 heavy (non-hydrogen) atoms. The van der Waals surface area contributed by atoms with E-state index in [1.807, 2.05) is 42.5 Å². The molecule has 12 heteroatoms. The Balaban J connectivity index is 0.000000243. The zero-order chi connectivity index (χ0) is 78.3. The molecule has 0 bridgehead atoms. The number of benzene rings is 5. The predicted octanol–water partition coefficient (Wildman–Crippen LogP) is 25.0. The SMILES string of the molecule is CC(C)(C)CCCOc1ccc(C(C)(C)C)cc1-n1nc2ccccc2n1.CCCCCCCCOc1ccc(-c2nc(-c3ccc(C)cc3C)nc(-c3ccc(C)cc3C)n2)c(OCCCC(C)(C)C)c1.CN1C(C)(C)CC(C(C)(C)C)CC1(C)C.CN1C(C)(C)CC(OCCC(C)(C)C)CC1(C)C. The Morgan fingerprint density at radius 3 is 1.30 bits per heavy atom. The molecule has 0 amide bonds. The average molecular weight is 1440 g/mol. The Labute approximate surface area is 640 Å². The first-order chi connectivity index (χ1) is 48.6. The summed E-state index contributed by atoms with van der Waals surface area (Å²) in [6.45, 7) is 66.6. The zero-order valence-electron chi connectivity index (χ0n) is 72.0. The molecule has 0 unspecified atom stereocenters. The zero-order valence-corrected chi connectivity index (χ0v) is 72.0. The van der Waals surface area contributed by atoms with Crippen molar-refractivity contribution in [2.24, 2.45) is 27.6 Å². The predicted molar refractivity (Wildman–Crippen MR) is 447 cm³/mol. The molecule has 0 saturated carbocycles. The summed E-state index contributed by atoms with van der Waals surface area (Å²) in [5, 5.41) is 9.32. The third-order valence-electron chi connectivity index (χ3n) is 21.8. The first kappa shape index (κ1) is 87.7. The highest BCUT2D eigenvalue weighted by atomic mass is 16.5. The first-order valence-electron chi connectivity index (χ1n) is 40.1. The first-order valence-corrected chi connectivity index (χ1v) is 40.1. The number of aryl methyl sites for hydroxylation is 4. The smallest absolute Gasteiger partial charge is 0.167 e. The molecule has 2 aromatic heterocycles. The summed E-state index contributed by atoms with van der Waals surface area (Å²) >= 11 is 0. The van der Waals surface area contributed by atoms with E-state index in [-0.39, 0.29) is 21.9 Å². The lowest BCUT2D eigenvalue weighted by atomic mass is 9.65. The largest absolute Gasteiger partial charge is 0.493 e. The van der Waals surface area contributed by atoms with E-state index in [4.69, 9.17) is 33.9 Å². The number of hydrogen-bond acceptors (Lipinski definition) is 11. The number of nitrogens with zero attached hydrogens (tertiary/aromatic N) is 8. The van der Waals surface area contributed by atoms with Gasteiger partial charge >= 0.3 is 0 Å². The number of rotatable bonds is 23. The summed E-state index contributed by atoms with van der Waals surface area (Å²) < 4.78 is 25.0. The fourth-order valence-corrected chi connectivity index (χ4v) is 14.5. The van der Waals surface area contributed by atoms with Crippen LogP contribution in [-0.4, -0.2) is 109 Å². The van der Waals surface area contributed by atoms with Crippen LogP contribution in [0, 0.1) is 55.3 Å². The van der Waals surface area contributed by atoms with Crippen LogP contribution in [0.15, 0.2) is 97.1 Å². The van der Waals surface area contributed by atoms with Gasteiger partial charge in [-0.15, -0.1) is 15.0 Å². The molecule has 9 rings (SSSR count). The van der Waals surface area contributed by atoms with Crippen molar-refractivity contribution in [1.82, 2.24) is 39.7 Å². The van der Waals surface area contributed by atoms with Gasteiger partial charge in [-0.3, -0.25) is 9.80 Å². The van der Waals surface area contributed by atoms with E-state index in [9.17, 15) is 0 Å². The van der Waals surface area contributed by atoms with Gasteiger partial charge in [0, 0.05) is 46.0 Å². The number of piperidine rings is 2. The summed E-state index contributed by atoms with van der Waals surface area (Å²) in [6, 6.07) is 33.2. The molecule has 0 aliphatic carbocycles. The fraction of sp³-hybridized carbons (Fsp3) is 0.645. The minimum Gasteiger partial charge on any atom is -0.493 e. The number of ether oxygens (including phenoxy) is 4.